The van der Waals surface area contributed by atoms with Crippen molar-refractivity contribution in [3.63, 3.8) is 0 Å². The van der Waals surface area contributed by atoms with Gasteiger partial charge in [-0.2, -0.15) is 0 Å². The number of carbonyl (C=O) groups excluding carboxylic acids is 1. The summed E-state index contributed by atoms with van der Waals surface area (Å²) in [7, 11) is 5.56. The molecule has 0 spiro atoms. The van der Waals surface area contributed by atoms with E-state index in [2.05, 4.69) is 17.1 Å². The minimum absolute atomic E-state index is 0.149. The van der Waals surface area contributed by atoms with Gasteiger partial charge in [0, 0.05) is 24.5 Å². The number of aliphatic imine (C=N–C) groups is 1. The number of aryl methyl sites for hydroxylation is 1. The first kappa shape index (κ1) is 25.0. The zero-order valence-corrected chi connectivity index (χ0v) is 21.2. The van der Waals surface area contributed by atoms with Crippen LogP contribution in [0.1, 0.15) is 23.6 Å². The van der Waals surface area contributed by atoms with Crippen LogP contribution in [0.4, 0.5) is 10.5 Å². The molecule has 0 aliphatic rings. The van der Waals surface area contributed by atoms with Crippen LogP contribution < -0.4 is 10.1 Å². The van der Waals surface area contributed by atoms with Gasteiger partial charge in [0.1, 0.15) is 12.4 Å². The molecule has 7 heteroatoms. The summed E-state index contributed by atoms with van der Waals surface area (Å²) in [6, 6.07) is 22.7. The van der Waals surface area contributed by atoms with E-state index in [1.54, 1.807) is 7.05 Å². The first-order valence-electron chi connectivity index (χ1n) is 12.0. The van der Waals surface area contributed by atoms with Crippen LogP contribution in [0, 0.1) is 0 Å². The fraction of sp³-hybridized carbons (Fsp3) is 0.241. The number of aromatic hydroxyl groups is 1. The van der Waals surface area contributed by atoms with Crippen molar-refractivity contribution in [3.05, 3.63) is 89.5 Å². The van der Waals surface area contributed by atoms with E-state index in [0.717, 1.165) is 35.2 Å². The molecule has 0 unspecified atom stereocenters. The SMILES string of the molecule is CCc1ccc2c(C(=Nc3ccc(OCCN(C)C)cc3)c3ccccc3)c(O)n(C(=O)NC)c2c1. The number of hydrogen-bond donors (Lipinski definition) is 2. The van der Waals surface area contributed by atoms with Crippen LogP contribution in [0.25, 0.3) is 10.9 Å². The number of rotatable bonds is 8. The Morgan fingerprint density at radius 3 is 2.42 bits per heavy atom. The van der Waals surface area contributed by atoms with Gasteiger partial charge in [-0.3, -0.25) is 0 Å². The van der Waals surface area contributed by atoms with Crippen LogP contribution in [0.3, 0.4) is 0 Å². The second-order valence-electron chi connectivity index (χ2n) is 8.77. The van der Waals surface area contributed by atoms with Crippen LogP contribution in [0.5, 0.6) is 11.6 Å². The van der Waals surface area contributed by atoms with Crippen LogP contribution >= 0.6 is 0 Å². The number of likely N-dealkylation sites (N-methyl/N-ethyl adjacent to an activating group) is 1. The van der Waals surface area contributed by atoms with Gasteiger partial charge in [-0.1, -0.05) is 49.4 Å². The summed E-state index contributed by atoms with van der Waals surface area (Å²) in [6.45, 7) is 3.48. The highest BCUT2D eigenvalue weighted by molar-refractivity contribution is 6.23. The van der Waals surface area contributed by atoms with Crippen LogP contribution in [0.15, 0.2) is 77.8 Å². The normalized spacial score (nSPS) is 11.8. The van der Waals surface area contributed by atoms with E-state index in [4.69, 9.17) is 9.73 Å². The smallest absolute Gasteiger partial charge is 0.328 e. The maximum atomic E-state index is 12.8. The summed E-state index contributed by atoms with van der Waals surface area (Å²) >= 11 is 0. The molecular formula is C29H32N4O3. The third-order valence-corrected chi connectivity index (χ3v) is 6.00. The van der Waals surface area contributed by atoms with Gasteiger partial charge >= 0.3 is 6.03 Å². The highest BCUT2D eigenvalue weighted by atomic mass is 16.5. The van der Waals surface area contributed by atoms with Crippen molar-refractivity contribution >= 4 is 28.3 Å². The molecule has 4 aromatic rings. The van der Waals surface area contributed by atoms with Crippen molar-refractivity contribution in [1.82, 2.24) is 14.8 Å². The van der Waals surface area contributed by atoms with Crippen LogP contribution in [-0.4, -0.2) is 60.6 Å². The first-order valence-corrected chi connectivity index (χ1v) is 12.0. The lowest BCUT2D eigenvalue weighted by molar-refractivity contribution is 0.242. The largest absolute Gasteiger partial charge is 0.494 e. The van der Waals surface area contributed by atoms with Crippen LogP contribution in [-0.2, 0) is 6.42 Å². The molecule has 7 nitrogen and oxygen atoms in total. The molecule has 0 aliphatic carbocycles. The van der Waals surface area contributed by atoms with Crippen molar-refractivity contribution in [1.29, 1.82) is 0 Å². The molecule has 0 radical (unpaired) electrons. The van der Waals surface area contributed by atoms with Gasteiger partial charge in [-0.25, -0.2) is 14.4 Å². The predicted octanol–water partition coefficient (Wildman–Crippen LogP) is 5.21. The summed E-state index contributed by atoms with van der Waals surface area (Å²) in [5.41, 5.74) is 4.32. The van der Waals surface area contributed by atoms with Crippen molar-refractivity contribution < 1.29 is 14.6 Å². The number of nitrogens with one attached hydrogen (secondary N) is 1. The molecule has 4 rings (SSSR count). The Morgan fingerprint density at radius 1 is 1.06 bits per heavy atom. The monoisotopic (exact) mass is 484 g/mol. The van der Waals surface area contributed by atoms with E-state index in [0.29, 0.717) is 29.1 Å². The molecule has 3 aromatic carbocycles. The maximum Gasteiger partial charge on any atom is 0.328 e. The molecule has 0 bridgehead atoms. The van der Waals surface area contributed by atoms with E-state index >= 15 is 0 Å². The zero-order chi connectivity index (χ0) is 25.7. The van der Waals surface area contributed by atoms with Crippen molar-refractivity contribution in [2.45, 2.75) is 13.3 Å². The molecule has 2 N–H and O–H groups in total. The lowest BCUT2D eigenvalue weighted by Gasteiger charge is -2.11. The minimum Gasteiger partial charge on any atom is -0.494 e. The van der Waals surface area contributed by atoms with Crippen molar-refractivity contribution in [3.8, 4) is 11.6 Å². The Kier molecular flexibility index (Phi) is 7.71. The number of aromatic nitrogens is 1. The number of ether oxygens (including phenoxy) is 1. The van der Waals surface area contributed by atoms with E-state index in [1.807, 2.05) is 86.9 Å². The molecule has 1 heterocycles. The van der Waals surface area contributed by atoms with Crippen molar-refractivity contribution in [2.24, 2.45) is 4.99 Å². The second kappa shape index (κ2) is 11.1. The average molecular weight is 485 g/mol. The third-order valence-electron chi connectivity index (χ3n) is 6.00. The highest BCUT2D eigenvalue weighted by Gasteiger charge is 2.25. The summed E-state index contributed by atoms with van der Waals surface area (Å²) < 4.78 is 7.12. The summed E-state index contributed by atoms with van der Waals surface area (Å²) in [4.78, 5) is 19.8. The third kappa shape index (κ3) is 5.26. The first-order chi connectivity index (χ1) is 17.4. The van der Waals surface area contributed by atoms with Gasteiger partial charge in [-0.15, -0.1) is 0 Å². The standard InChI is InChI=1S/C29H32N4O3/c1-5-20-11-16-24-25(19-20)33(29(35)30-2)28(34)26(24)27(21-9-7-6-8-10-21)31-22-12-14-23(15-13-22)36-18-17-32(3)4/h6-16,19,34H,5,17-18H2,1-4H3,(H,30,35). The zero-order valence-electron chi connectivity index (χ0n) is 21.2. The van der Waals surface area contributed by atoms with E-state index in [-0.39, 0.29) is 5.88 Å². The fourth-order valence-electron chi connectivity index (χ4n) is 4.04. The second-order valence-corrected chi connectivity index (χ2v) is 8.77. The van der Waals surface area contributed by atoms with Gasteiger partial charge in [0.25, 0.3) is 0 Å². The number of carbonyl (C=O) groups is 1. The topological polar surface area (TPSA) is 79.1 Å². The Morgan fingerprint density at radius 2 is 1.78 bits per heavy atom. The number of nitrogens with zero attached hydrogens (tertiary/aromatic N) is 3. The molecule has 1 aromatic heterocycles. The molecule has 36 heavy (non-hydrogen) atoms. The molecule has 1 amide bonds. The molecule has 0 atom stereocenters. The molecule has 0 fully saturated rings. The van der Waals surface area contributed by atoms with E-state index in [1.165, 1.54) is 4.57 Å². The van der Waals surface area contributed by atoms with Gasteiger partial charge < -0.3 is 20.1 Å². The molecule has 0 saturated heterocycles. The van der Waals surface area contributed by atoms with Gasteiger partial charge in [0.05, 0.1) is 22.5 Å². The van der Waals surface area contributed by atoms with Crippen LogP contribution in [0.2, 0.25) is 0 Å². The molecular weight excluding hydrogens is 452 g/mol. The minimum atomic E-state index is -0.413. The Labute approximate surface area is 211 Å². The molecule has 0 saturated carbocycles. The maximum absolute atomic E-state index is 12.8. The quantitative estimate of drug-likeness (QED) is 0.337. The summed E-state index contributed by atoms with van der Waals surface area (Å²) in [6.07, 6.45) is 0.813. The average Bonchev–Trinajstić information content (AvgIpc) is 3.18. The lowest BCUT2D eigenvalue weighted by atomic mass is 10.00. The van der Waals surface area contributed by atoms with Gasteiger partial charge in [-0.05, 0) is 56.4 Å². The lowest BCUT2D eigenvalue weighted by Crippen LogP contribution is -2.24. The Bertz CT molecular complexity index is 1370. The van der Waals surface area contributed by atoms with Gasteiger partial charge in [0.2, 0.25) is 5.88 Å². The summed E-state index contributed by atoms with van der Waals surface area (Å²) in [5.74, 6) is 0.618. The van der Waals surface area contributed by atoms with Crippen molar-refractivity contribution in [2.75, 3.05) is 34.3 Å². The summed E-state index contributed by atoms with van der Waals surface area (Å²) in [5, 5.41) is 14.8. The fourth-order valence-corrected chi connectivity index (χ4v) is 4.04. The van der Waals surface area contributed by atoms with Gasteiger partial charge in [0.15, 0.2) is 0 Å². The number of fused-ring (bicyclic) bond motifs is 1. The predicted molar refractivity (Wildman–Crippen MR) is 145 cm³/mol. The number of hydrogen-bond acceptors (Lipinski definition) is 5. The number of amides is 1. The highest BCUT2D eigenvalue weighted by Crippen LogP contribution is 2.35. The number of benzene rings is 3. The van der Waals surface area contributed by atoms with E-state index < -0.39 is 6.03 Å². The Balaban J connectivity index is 1.85. The Hall–Kier alpha value is -4.10. The molecule has 186 valence electrons. The van der Waals surface area contributed by atoms with E-state index in [9.17, 15) is 9.90 Å². The molecule has 0 aliphatic heterocycles.